The number of piperidine rings is 1. The molecule has 3 heterocycles. The molecule has 1 aliphatic carbocycles. The lowest BCUT2D eigenvalue weighted by molar-refractivity contribution is -0.137. The maximum absolute atomic E-state index is 13.4. The van der Waals surface area contributed by atoms with Crippen molar-refractivity contribution >= 4 is 22.6 Å². The Bertz CT molecular complexity index is 775. The number of anilines is 1. The van der Waals surface area contributed by atoms with Crippen LogP contribution in [0.3, 0.4) is 0 Å². The lowest BCUT2D eigenvalue weighted by Crippen LogP contribution is -2.52. The number of hydrogen-bond donors (Lipinski definition) is 1. The Kier molecular flexibility index (Phi) is 4.51. The van der Waals surface area contributed by atoms with Gasteiger partial charge < -0.3 is 10.2 Å². The fraction of sp³-hybridized carbons (Fsp3) is 0.526. The van der Waals surface area contributed by atoms with E-state index in [1.54, 1.807) is 12.3 Å². The fourth-order valence-electron chi connectivity index (χ4n) is 4.10. The second-order valence-electron chi connectivity index (χ2n) is 7.04. The van der Waals surface area contributed by atoms with E-state index in [2.05, 4.69) is 20.2 Å². The van der Waals surface area contributed by atoms with Gasteiger partial charge in [0.15, 0.2) is 0 Å². The molecule has 6 heteroatoms. The Morgan fingerprint density at radius 1 is 1.12 bits per heavy atom. The molecule has 1 saturated heterocycles. The Balaban J connectivity index is 1.55. The lowest BCUT2D eigenvalue weighted by Gasteiger charge is -2.40. The molecule has 0 bridgehead atoms. The van der Waals surface area contributed by atoms with Crippen LogP contribution in [0.4, 0.5) is 10.1 Å². The fourth-order valence-corrected chi connectivity index (χ4v) is 4.10. The van der Waals surface area contributed by atoms with E-state index in [0.717, 1.165) is 37.9 Å². The summed E-state index contributed by atoms with van der Waals surface area (Å²) in [6.07, 6.45) is 10.6. The first-order valence-electron chi connectivity index (χ1n) is 9.19. The van der Waals surface area contributed by atoms with Crippen molar-refractivity contribution in [3.8, 4) is 0 Å². The molecule has 1 N–H and O–H groups in total. The summed E-state index contributed by atoms with van der Waals surface area (Å²) in [5, 5.41) is 3.35. The number of fused-ring (bicyclic) bond motifs is 1. The number of pyridine rings is 2. The molecule has 4 rings (SSSR count). The Labute approximate surface area is 146 Å². The van der Waals surface area contributed by atoms with E-state index >= 15 is 0 Å². The average Bonchev–Trinajstić information content (AvgIpc) is 2.64. The maximum atomic E-state index is 13.4. The molecule has 0 radical (unpaired) electrons. The third kappa shape index (κ3) is 3.30. The molecule has 25 heavy (non-hydrogen) atoms. The molecule has 2 aromatic rings. The van der Waals surface area contributed by atoms with Gasteiger partial charge in [-0.2, -0.15) is 0 Å². The van der Waals surface area contributed by atoms with Crippen molar-refractivity contribution in [1.29, 1.82) is 0 Å². The molecule has 1 amide bonds. The zero-order valence-electron chi connectivity index (χ0n) is 14.2. The van der Waals surface area contributed by atoms with Crippen molar-refractivity contribution in [1.82, 2.24) is 14.9 Å². The third-order valence-electron chi connectivity index (χ3n) is 5.36. The van der Waals surface area contributed by atoms with Crippen LogP contribution >= 0.6 is 0 Å². The highest BCUT2D eigenvalue weighted by molar-refractivity contribution is 5.91. The molecule has 0 aromatic carbocycles. The topological polar surface area (TPSA) is 58.1 Å². The molecule has 1 saturated carbocycles. The minimum Gasteiger partial charge on any atom is -0.372 e. The van der Waals surface area contributed by atoms with Crippen molar-refractivity contribution in [2.45, 2.75) is 57.0 Å². The van der Waals surface area contributed by atoms with Crippen molar-refractivity contribution in [2.24, 2.45) is 0 Å². The van der Waals surface area contributed by atoms with Crippen LogP contribution in [0.15, 0.2) is 24.5 Å². The molecule has 2 aliphatic rings. The summed E-state index contributed by atoms with van der Waals surface area (Å²) in [6, 6.07) is 3.32. The van der Waals surface area contributed by atoms with Crippen LogP contribution in [0.1, 0.15) is 44.9 Å². The first kappa shape index (κ1) is 16.2. The van der Waals surface area contributed by atoms with E-state index in [4.69, 9.17) is 0 Å². The van der Waals surface area contributed by atoms with Gasteiger partial charge >= 0.3 is 0 Å². The monoisotopic (exact) mass is 342 g/mol. The quantitative estimate of drug-likeness (QED) is 0.927. The lowest BCUT2D eigenvalue weighted by atomic mass is 9.91. The highest BCUT2D eigenvalue weighted by atomic mass is 19.1. The number of carbonyl (C=O) groups is 1. The second kappa shape index (κ2) is 6.94. The molecular weight excluding hydrogens is 319 g/mol. The molecule has 132 valence electrons. The summed E-state index contributed by atoms with van der Waals surface area (Å²) in [4.78, 5) is 23.4. The number of nitrogens with one attached hydrogen (secondary N) is 1. The number of carbonyl (C=O) groups excluding carboxylic acids is 1. The standard InChI is InChI=1S/C19H23FN4O/c20-13-11-17-18(22-12-13)15(8-9-21-17)23-16-7-4-10-24(19(16)25)14-5-2-1-3-6-14/h8-9,11-12,14,16H,1-7,10H2,(H,21,23). The predicted octanol–water partition coefficient (Wildman–Crippen LogP) is 3.50. The molecular formula is C19H23FN4O. The van der Waals surface area contributed by atoms with Gasteiger partial charge in [-0.1, -0.05) is 19.3 Å². The predicted molar refractivity (Wildman–Crippen MR) is 94.7 cm³/mol. The molecule has 5 nitrogen and oxygen atoms in total. The van der Waals surface area contributed by atoms with Crippen LogP contribution < -0.4 is 5.32 Å². The molecule has 1 aliphatic heterocycles. The Morgan fingerprint density at radius 3 is 2.80 bits per heavy atom. The van der Waals surface area contributed by atoms with Gasteiger partial charge in [-0.05, 0) is 31.7 Å². The summed E-state index contributed by atoms with van der Waals surface area (Å²) < 4.78 is 13.4. The van der Waals surface area contributed by atoms with Gasteiger partial charge in [0.05, 0.1) is 17.4 Å². The number of nitrogens with zero attached hydrogens (tertiary/aromatic N) is 3. The largest absolute Gasteiger partial charge is 0.372 e. The molecule has 1 atom stereocenters. The number of likely N-dealkylation sites (tertiary alicyclic amines) is 1. The van der Waals surface area contributed by atoms with Gasteiger partial charge in [-0.25, -0.2) is 9.37 Å². The normalized spacial score (nSPS) is 22.4. The van der Waals surface area contributed by atoms with Crippen molar-refractivity contribution in [2.75, 3.05) is 11.9 Å². The van der Waals surface area contributed by atoms with Crippen molar-refractivity contribution in [3.05, 3.63) is 30.3 Å². The smallest absolute Gasteiger partial charge is 0.245 e. The van der Waals surface area contributed by atoms with Gasteiger partial charge in [-0.15, -0.1) is 0 Å². The molecule has 1 unspecified atom stereocenters. The zero-order valence-corrected chi connectivity index (χ0v) is 14.2. The molecule has 0 spiro atoms. The Morgan fingerprint density at radius 2 is 1.96 bits per heavy atom. The SMILES string of the molecule is O=C1C(Nc2ccnc3cc(F)cnc23)CCCN1C1CCCCC1. The molecule has 2 aromatic heterocycles. The third-order valence-corrected chi connectivity index (χ3v) is 5.36. The highest BCUT2D eigenvalue weighted by Gasteiger charge is 2.33. The number of aromatic nitrogens is 2. The minimum absolute atomic E-state index is 0.185. The summed E-state index contributed by atoms with van der Waals surface area (Å²) in [5.74, 6) is -0.223. The average molecular weight is 342 g/mol. The van der Waals surface area contributed by atoms with Crippen molar-refractivity contribution in [3.63, 3.8) is 0 Å². The minimum atomic E-state index is -0.408. The van der Waals surface area contributed by atoms with E-state index in [1.165, 1.54) is 31.5 Å². The second-order valence-corrected chi connectivity index (χ2v) is 7.04. The van der Waals surface area contributed by atoms with Crippen LogP contribution in [0, 0.1) is 5.82 Å². The summed E-state index contributed by atoms with van der Waals surface area (Å²) in [7, 11) is 0. The summed E-state index contributed by atoms with van der Waals surface area (Å²) in [5.41, 5.74) is 1.85. The zero-order chi connectivity index (χ0) is 17.2. The first-order valence-corrected chi connectivity index (χ1v) is 9.19. The number of halogens is 1. The first-order chi connectivity index (χ1) is 12.2. The molecule has 2 fully saturated rings. The Hall–Kier alpha value is -2.24. The van der Waals surface area contributed by atoms with Gasteiger partial charge in [0, 0.05) is 24.8 Å². The van der Waals surface area contributed by atoms with E-state index in [-0.39, 0.29) is 11.9 Å². The van der Waals surface area contributed by atoms with Crippen LogP contribution in [0.25, 0.3) is 11.0 Å². The highest BCUT2D eigenvalue weighted by Crippen LogP contribution is 2.28. The van der Waals surface area contributed by atoms with Gasteiger partial charge in [0.25, 0.3) is 0 Å². The van der Waals surface area contributed by atoms with Gasteiger partial charge in [0.1, 0.15) is 17.4 Å². The maximum Gasteiger partial charge on any atom is 0.245 e. The number of amides is 1. The van der Waals surface area contributed by atoms with Gasteiger partial charge in [-0.3, -0.25) is 9.78 Å². The summed E-state index contributed by atoms with van der Waals surface area (Å²) in [6.45, 7) is 0.863. The van der Waals surface area contributed by atoms with Crippen LogP contribution in [-0.4, -0.2) is 39.4 Å². The van der Waals surface area contributed by atoms with Crippen LogP contribution in [-0.2, 0) is 4.79 Å². The van der Waals surface area contributed by atoms with E-state index in [9.17, 15) is 9.18 Å². The number of rotatable bonds is 3. The van der Waals surface area contributed by atoms with Gasteiger partial charge in [0.2, 0.25) is 5.91 Å². The van der Waals surface area contributed by atoms with E-state index < -0.39 is 5.82 Å². The van der Waals surface area contributed by atoms with E-state index in [1.807, 2.05) is 0 Å². The summed E-state index contributed by atoms with van der Waals surface area (Å²) >= 11 is 0. The van der Waals surface area contributed by atoms with Crippen LogP contribution in [0.5, 0.6) is 0 Å². The van der Waals surface area contributed by atoms with Crippen LogP contribution in [0.2, 0.25) is 0 Å². The number of hydrogen-bond acceptors (Lipinski definition) is 4. The van der Waals surface area contributed by atoms with E-state index in [0.29, 0.717) is 17.1 Å². The van der Waals surface area contributed by atoms with Crippen molar-refractivity contribution < 1.29 is 9.18 Å².